The lowest BCUT2D eigenvalue weighted by Crippen LogP contribution is -2.49. The minimum Gasteiger partial charge on any atom is -0.493 e. The van der Waals surface area contributed by atoms with Crippen molar-refractivity contribution >= 4 is 18.1 Å². The summed E-state index contributed by atoms with van der Waals surface area (Å²) in [7, 11) is 4.67. The number of piperazine rings is 1. The Kier molecular flexibility index (Phi) is 10.7. The fraction of sp³-hybridized carbons (Fsp3) is 0.500. The van der Waals surface area contributed by atoms with Crippen LogP contribution in [0.1, 0.15) is 6.92 Å². The molecule has 0 aliphatic carbocycles. The molecule has 2 aromatic rings. The summed E-state index contributed by atoms with van der Waals surface area (Å²) < 4.78 is 27.6. The Hall–Kier alpha value is -2.55. The van der Waals surface area contributed by atoms with E-state index in [1.807, 2.05) is 25.1 Å². The van der Waals surface area contributed by atoms with Crippen molar-refractivity contribution in [1.82, 2.24) is 4.90 Å². The third-order valence-electron chi connectivity index (χ3n) is 5.43. The van der Waals surface area contributed by atoms with Crippen LogP contribution in [0.4, 0.5) is 5.69 Å². The molecule has 0 aromatic heterocycles. The second kappa shape index (κ2) is 13.2. The van der Waals surface area contributed by atoms with E-state index >= 15 is 0 Å². The van der Waals surface area contributed by atoms with E-state index in [4.69, 9.17) is 23.7 Å². The highest BCUT2D eigenvalue weighted by molar-refractivity contribution is 5.85. The molecule has 0 bridgehead atoms. The number of methoxy groups -OCH3 is 3. The maximum Gasteiger partial charge on any atom is 0.203 e. The first kappa shape index (κ1) is 26.7. The van der Waals surface area contributed by atoms with Gasteiger partial charge in [0.25, 0.3) is 0 Å². The smallest absolute Gasteiger partial charge is 0.203 e. The van der Waals surface area contributed by atoms with Gasteiger partial charge in [-0.15, -0.1) is 12.4 Å². The zero-order chi connectivity index (χ0) is 22.9. The van der Waals surface area contributed by atoms with E-state index in [0.29, 0.717) is 36.1 Å². The van der Waals surface area contributed by atoms with Crippen molar-refractivity contribution in [2.24, 2.45) is 0 Å². The molecule has 2 aromatic carbocycles. The molecule has 9 heteroatoms. The summed E-state index contributed by atoms with van der Waals surface area (Å²) >= 11 is 0. The Balaban J connectivity index is 0.00000385. The van der Waals surface area contributed by atoms with Gasteiger partial charge in [0, 0.05) is 44.9 Å². The van der Waals surface area contributed by atoms with Crippen LogP contribution in [0.3, 0.4) is 0 Å². The van der Waals surface area contributed by atoms with Crippen LogP contribution in [-0.2, 0) is 0 Å². The van der Waals surface area contributed by atoms with Gasteiger partial charge in [-0.05, 0) is 19.1 Å². The molecule has 1 N–H and O–H groups in total. The van der Waals surface area contributed by atoms with E-state index in [0.717, 1.165) is 37.6 Å². The van der Waals surface area contributed by atoms with Crippen molar-refractivity contribution in [3.05, 3.63) is 36.4 Å². The Morgan fingerprint density at radius 2 is 1.52 bits per heavy atom. The number of halogens is 1. The van der Waals surface area contributed by atoms with Crippen LogP contribution in [0.15, 0.2) is 36.4 Å². The predicted molar refractivity (Wildman–Crippen MR) is 131 cm³/mol. The third-order valence-corrected chi connectivity index (χ3v) is 5.43. The largest absolute Gasteiger partial charge is 0.493 e. The van der Waals surface area contributed by atoms with Gasteiger partial charge in [0.05, 0.1) is 33.6 Å². The number of rotatable bonds is 11. The Morgan fingerprint density at radius 1 is 0.879 bits per heavy atom. The lowest BCUT2D eigenvalue weighted by molar-refractivity contribution is 0.0660. The maximum absolute atomic E-state index is 10.5. The van der Waals surface area contributed by atoms with Crippen LogP contribution in [0.25, 0.3) is 0 Å². The molecule has 3 rings (SSSR count). The van der Waals surface area contributed by atoms with Gasteiger partial charge in [-0.2, -0.15) is 0 Å². The highest BCUT2D eigenvalue weighted by Gasteiger charge is 2.22. The first-order valence-electron chi connectivity index (χ1n) is 10.9. The number of benzene rings is 2. The number of nitrogens with zero attached hydrogens (tertiary/aromatic N) is 2. The molecular formula is C24H35ClN2O6. The van der Waals surface area contributed by atoms with Gasteiger partial charge >= 0.3 is 0 Å². The first-order valence-corrected chi connectivity index (χ1v) is 10.9. The summed E-state index contributed by atoms with van der Waals surface area (Å²) in [6.07, 6.45) is -0.614. The van der Waals surface area contributed by atoms with Crippen LogP contribution in [0.5, 0.6) is 28.7 Å². The number of anilines is 1. The van der Waals surface area contributed by atoms with Crippen molar-refractivity contribution in [3.63, 3.8) is 0 Å². The summed E-state index contributed by atoms with van der Waals surface area (Å²) in [4.78, 5) is 4.59. The summed E-state index contributed by atoms with van der Waals surface area (Å²) in [6, 6.07) is 11.6. The second-order valence-electron chi connectivity index (χ2n) is 7.51. The quantitative estimate of drug-likeness (QED) is 0.524. The summed E-state index contributed by atoms with van der Waals surface area (Å²) in [5.74, 6) is 3.00. The fourth-order valence-electron chi connectivity index (χ4n) is 3.85. The van der Waals surface area contributed by atoms with Crippen molar-refractivity contribution in [3.8, 4) is 28.7 Å². The minimum atomic E-state index is -0.614. The monoisotopic (exact) mass is 482 g/mol. The van der Waals surface area contributed by atoms with Gasteiger partial charge in [-0.3, -0.25) is 4.90 Å². The molecule has 1 heterocycles. The standard InChI is InChI=1S/C24H34N2O6.ClH/c1-5-31-21-9-7-6-8-20(21)26-12-10-25(11-13-26)16-18(27)17-32-19-14-22(28-2)24(30-4)23(15-19)29-3;/h6-9,14-15,18,27H,5,10-13,16-17H2,1-4H3;1H. The van der Waals surface area contributed by atoms with Crippen molar-refractivity contribution in [2.75, 3.05) is 72.2 Å². The Labute approximate surface area is 202 Å². The van der Waals surface area contributed by atoms with E-state index in [-0.39, 0.29) is 19.0 Å². The van der Waals surface area contributed by atoms with Crippen LogP contribution in [0.2, 0.25) is 0 Å². The normalized spacial score (nSPS) is 14.8. The van der Waals surface area contributed by atoms with Gasteiger partial charge in [0.15, 0.2) is 11.5 Å². The van der Waals surface area contributed by atoms with Crippen molar-refractivity contribution in [2.45, 2.75) is 13.0 Å². The molecule has 184 valence electrons. The number of hydrogen-bond donors (Lipinski definition) is 1. The lowest BCUT2D eigenvalue weighted by Gasteiger charge is -2.37. The van der Waals surface area contributed by atoms with Crippen LogP contribution in [0, 0.1) is 0 Å². The molecule has 33 heavy (non-hydrogen) atoms. The lowest BCUT2D eigenvalue weighted by atomic mass is 10.2. The maximum atomic E-state index is 10.5. The summed E-state index contributed by atoms with van der Waals surface area (Å²) in [5, 5.41) is 10.5. The van der Waals surface area contributed by atoms with Gasteiger partial charge in [0.1, 0.15) is 24.2 Å². The molecule has 1 saturated heterocycles. The number of aliphatic hydroxyl groups is 1. The third kappa shape index (κ3) is 6.96. The van der Waals surface area contributed by atoms with Crippen LogP contribution in [-0.4, -0.2) is 83.4 Å². The van der Waals surface area contributed by atoms with Crippen molar-refractivity contribution < 1.29 is 28.8 Å². The number of ether oxygens (including phenoxy) is 5. The molecule has 0 radical (unpaired) electrons. The zero-order valence-corrected chi connectivity index (χ0v) is 20.6. The molecule has 0 spiro atoms. The fourth-order valence-corrected chi connectivity index (χ4v) is 3.85. The van der Waals surface area contributed by atoms with E-state index in [9.17, 15) is 5.11 Å². The molecule has 1 fully saturated rings. The molecular weight excluding hydrogens is 448 g/mol. The van der Waals surface area contributed by atoms with E-state index in [1.54, 1.807) is 33.5 Å². The number of β-amino-alcohol motifs (C(OH)–C–C–N with tert-alkyl or cyclic N) is 1. The average Bonchev–Trinajstić information content (AvgIpc) is 2.83. The Bertz CT molecular complexity index is 836. The van der Waals surface area contributed by atoms with E-state index < -0.39 is 6.10 Å². The van der Waals surface area contributed by atoms with Crippen LogP contribution >= 0.6 is 12.4 Å². The van der Waals surface area contributed by atoms with Crippen molar-refractivity contribution in [1.29, 1.82) is 0 Å². The molecule has 0 saturated carbocycles. The Morgan fingerprint density at radius 3 is 2.09 bits per heavy atom. The summed E-state index contributed by atoms with van der Waals surface area (Å²) in [6.45, 7) is 6.85. The topological polar surface area (TPSA) is 72.9 Å². The zero-order valence-electron chi connectivity index (χ0n) is 19.8. The SMILES string of the molecule is CCOc1ccccc1N1CCN(CC(O)COc2cc(OC)c(OC)c(OC)c2)CC1.Cl. The van der Waals surface area contributed by atoms with E-state index in [2.05, 4.69) is 15.9 Å². The number of aliphatic hydroxyl groups excluding tert-OH is 1. The average molecular weight is 483 g/mol. The minimum absolute atomic E-state index is 0. The van der Waals surface area contributed by atoms with Gasteiger partial charge in [-0.25, -0.2) is 0 Å². The molecule has 1 aliphatic heterocycles. The molecule has 0 amide bonds. The molecule has 8 nitrogen and oxygen atoms in total. The highest BCUT2D eigenvalue weighted by atomic mass is 35.5. The van der Waals surface area contributed by atoms with Gasteiger partial charge in [-0.1, -0.05) is 12.1 Å². The van der Waals surface area contributed by atoms with Gasteiger partial charge in [0.2, 0.25) is 5.75 Å². The summed E-state index contributed by atoms with van der Waals surface area (Å²) in [5.41, 5.74) is 1.13. The molecule has 1 atom stereocenters. The van der Waals surface area contributed by atoms with Gasteiger partial charge < -0.3 is 33.7 Å². The number of hydrogen-bond acceptors (Lipinski definition) is 8. The second-order valence-corrected chi connectivity index (χ2v) is 7.51. The highest BCUT2D eigenvalue weighted by Crippen LogP contribution is 2.40. The first-order chi connectivity index (χ1) is 15.6. The molecule has 1 unspecified atom stereocenters. The number of para-hydroxylation sites is 2. The van der Waals surface area contributed by atoms with E-state index in [1.165, 1.54) is 0 Å². The van der Waals surface area contributed by atoms with Crippen LogP contribution < -0.4 is 28.6 Å². The molecule has 1 aliphatic rings. The predicted octanol–water partition coefficient (Wildman–Crippen LogP) is 3.09.